The van der Waals surface area contributed by atoms with Crippen molar-refractivity contribution < 1.29 is 13.2 Å². The Hall–Kier alpha value is -2.01. The predicted octanol–water partition coefficient (Wildman–Crippen LogP) is 3.42. The van der Waals surface area contributed by atoms with Crippen molar-refractivity contribution >= 4 is 15.7 Å². The second-order valence-corrected chi connectivity index (χ2v) is 6.71. The van der Waals surface area contributed by atoms with Crippen LogP contribution >= 0.6 is 0 Å². The molecule has 0 spiro atoms. The third-order valence-corrected chi connectivity index (χ3v) is 4.79. The van der Waals surface area contributed by atoms with Crippen molar-refractivity contribution in [3.05, 3.63) is 53.1 Å². The summed E-state index contributed by atoms with van der Waals surface area (Å²) in [5.74, 6) is 0.339. The van der Waals surface area contributed by atoms with E-state index >= 15 is 0 Å². The van der Waals surface area contributed by atoms with E-state index in [0.29, 0.717) is 11.4 Å². The molecule has 2 rings (SSSR count). The quantitative estimate of drug-likeness (QED) is 0.941. The summed E-state index contributed by atoms with van der Waals surface area (Å²) in [5, 5.41) is 0. The molecule has 0 unspecified atom stereocenters. The lowest BCUT2D eigenvalue weighted by Crippen LogP contribution is -2.14. The third kappa shape index (κ3) is 3.36. The topological polar surface area (TPSA) is 55.4 Å². The highest BCUT2D eigenvalue weighted by atomic mass is 32.2. The molecular weight excluding hydrogens is 286 g/mol. The molecule has 4 nitrogen and oxygen atoms in total. The van der Waals surface area contributed by atoms with E-state index in [1.54, 1.807) is 24.3 Å². The lowest BCUT2D eigenvalue weighted by atomic mass is 10.1. The summed E-state index contributed by atoms with van der Waals surface area (Å²) in [6.07, 6.45) is 0. The van der Waals surface area contributed by atoms with Crippen LogP contribution in [0.2, 0.25) is 0 Å². The number of methoxy groups -OCH3 is 1. The Balaban J connectivity index is 2.40. The number of hydrogen-bond acceptors (Lipinski definition) is 3. The molecule has 0 saturated heterocycles. The monoisotopic (exact) mass is 305 g/mol. The highest BCUT2D eigenvalue weighted by Crippen LogP contribution is 2.27. The first-order chi connectivity index (χ1) is 9.83. The molecule has 0 aliphatic carbocycles. The van der Waals surface area contributed by atoms with Gasteiger partial charge in [-0.25, -0.2) is 8.42 Å². The van der Waals surface area contributed by atoms with Gasteiger partial charge in [0, 0.05) is 5.69 Å². The fourth-order valence-corrected chi connectivity index (χ4v) is 3.21. The van der Waals surface area contributed by atoms with Gasteiger partial charge < -0.3 is 4.74 Å². The number of benzene rings is 2. The summed E-state index contributed by atoms with van der Waals surface area (Å²) in [6, 6.07) is 10.5. The second kappa shape index (κ2) is 5.77. The average Bonchev–Trinajstić information content (AvgIpc) is 2.42. The molecule has 0 aliphatic rings. The van der Waals surface area contributed by atoms with E-state index in [1.807, 2.05) is 32.9 Å². The molecule has 112 valence electrons. The van der Waals surface area contributed by atoms with Gasteiger partial charge in [0.2, 0.25) is 0 Å². The summed E-state index contributed by atoms with van der Waals surface area (Å²) >= 11 is 0. The molecule has 0 atom stereocenters. The average molecular weight is 305 g/mol. The first kappa shape index (κ1) is 15.4. The maximum Gasteiger partial charge on any atom is 0.265 e. The molecule has 5 heteroatoms. The Morgan fingerprint density at radius 2 is 1.67 bits per heavy atom. The van der Waals surface area contributed by atoms with Gasteiger partial charge in [-0.15, -0.1) is 0 Å². The van der Waals surface area contributed by atoms with Gasteiger partial charge >= 0.3 is 0 Å². The van der Waals surface area contributed by atoms with Gasteiger partial charge in [-0.2, -0.15) is 0 Å². The van der Waals surface area contributed by atoms with E-state index in [2.05, 4.69) is 4.72 Å². The zero-order valence-corrected chi connectivity index (χ0v) is 13.4. The van der Waals surface area contributed by atoms with Crippen LogP contribution in [0, 0.1) is 20.8 Å². The van der Waals surface area contributed by atoms with Crippen molar-refractivity contribution in [3.63, 3.8) is 0 Å². The zero-order valence-electron chi connectivity index (χ0n) is 12.6. The lowest BCUT2D eigenvalue weighted by molar-refractivity contribution is 0.402. The third-order valence-electron chi connectivity index (χ3n) is 3.37. The first-order valence-electron chi connectivity index (χ1n) is 6.58. The van der Waals surface area contributed by atoms with Gasteiger partial charge in [0.05, 0.1) is 7.11 Å². The molecule has 21 heavy (non-hydrogen) atoms. The summed E-state index contributed by atoms with van der Waals surface area (Å²) in [6.45, 7) is 5.81. The van der Waals surface area contributed by atoms with Gasteiger partial charge in [-0.05, 0) is 61.7 Å². The fraction of sp³-hybridized carbons (Fsp3) is 0.250. The molecule has 0 saturated carbocycles. The molecule has 2 aromatic rings. The number of rotatable bonds is 4. The van der Waals surface area contributed by atoms with Gasteiger partial charge in [-0.3, -0.25) is 4.72 Å². The van der Waals surface area contributed by atoms with Crippen LogP contribution in [0.3, 0.4) is 0 Å². The van der Waals surface area contributed by atoms with Crippen molar-refractivity contribution in [2.24, 2.45) is 0 Å². The van der Waals surface area contributed by atoms with Crippen LogP contribution in [0.4, 0.5) is 5.69 Å². The maximum atomic E-state index is 12.5. The number of sulfonamides is 1. The zero-order chi connectivity index (χ0) is 15.6. The molecule has 2 aromatic carbocycles. The maximum absolute atomic E-state index is 12.5. The molecule has 0 fully saturated rings. The molecule has 0 bridgehead atoms. The normalized spacial score (nSPS) is 11.2. The van der Waals surface area contributed by atoms with Gasteiger partial charge in [0.1, 0.15) is 10.6 Å². The number of aryl methyl sites for hydroxylation is 3. The van der Waals surface area contributed by atoms with Crippen molar-refractivity contribution in [1.29, 1.82) is 0 Å². The van der Waals surface area contributed by atoms with Crippen LogP contribution in [0.25, 0.3) is 0 Å². The van der Waals surface area contributed by atoms with E-state index in [1.165, 1.54) is 7.11 Å². The molecule has 0 aliphatic heterocycles. The summed E-state index contributed by atoms with van der Waals surface area (Å²) in [5.41, 5.74) is 3.63. The van der Waals surface area contributed by atoms with Crippen LogP contribution in [-0.2, 0) is 10.0 Å². The minimum Gasteiger partial charge on any atom is -0.495 e. The largest absolute Gasteiger partial charge is 0.495 e. The first-order valence-corrected chi connectivity index (χ1v) is 8.06. The Kier molecular flexibility index (Phi) is 4.23. The van der Waals surface area contributed by atoms with Crippen molar-refractivity contribution in [1.82, 2.24) is 0 Å². The van der Waals surface area contributed by atoms with Crippen LogP contribution in [-0.4, -0.2) is 15.5 Å². The Bertz CT molecular complexity index is 767. The van der Waals surface area contributed by atoms with E-state index < -0.39 is 10.0 Å². The summed E-state index contributed by atoms with van der Waals surface area (Å²) < 4.78 is 32.8. The van der Waals surface area contributed by atoms with Gasteiger partial charge in [-0.1, -0.05) is 12.1 Å². The smallest absolute Gasteiger partial charge is 0.265 e. The van der Waals surface area contributed by atoms with Crippen LogP contribution in [0.15, 0.2) is 41.3 Å². The number of anilines is 1. The molecule has 0 radical (unpaired) electrons. The summed E-state index contributed by atoms with van der Waals surface area (Å²) in [4.78, 5) is 0.133. The van der Waals surface area contributed by atoms with Crippen LogP contribution in [0.1, 0.15) is 16.7 Å². The lowest BCUT2D eigenvalue weighted by Gasteiger charge is -2.13. The number of ether oxygens (including phenoxy) is 1. The van der Waals surface area contributed by atoms with E-state index in [9.17, 15) is 8.42 Å². The second-order valence-electron chi connectivity index (χ2n) is 5.06. The van der Waals surface area contributed by atoms with Gasteiger partial charge in [0.15, 0.2) is 0 Å². The molecule has 0 aromatic heterocycles. The van der Waals surface area contributed by atoms with E-state index in [0.717, 1.165) is 16.7 Å². The van der Waals surface area contributed by atoms with Crippen molar-refractivity contribution in [3.8, 4) is 5.75 Å². The molecular formula is C16H19NO3S. The molecule has 0 heterocycles. The Morgan fingerprint density at radius 1 is 0.952 bits per heavy atom. The van der Waals surface area contributed by atoms with E-state index in [-0.39, 0.29) is 4.90 Å². The Morgan fingerprint density at radius 3 is 2.29 bits per heavy atom. The van der Waals surface area contributed by atoms with E-state index in [4.69, 9.17) is 4.74 Å². The SMILES string of the molecule is COc1cc(C)ccc1S(=O)(=O)Nc1ccc(C)c(C)c1. The van der Waals surface area contributed by atoms with Crippen molar-refractivity contribution in [2.75, 3.05) is 11.8 Å². The van der Waals surface area contributed by atoms with Gasteiger partial charge in [0.25, 0.3) is 10.0 Å². The number of nitrogens with one attached hydrogen (secondary N) is 1. The Labute approximate surface area is 125 Å². The van der Waals surface area contributed by atoms with Crippen LogP contribution < -0.4 is 9.46 Å². The highest BCUT2D eigenvalue weighted by Gasteiger charge is 2.19. The van der Waals surface area contributed by atoms with Crippen LogP contribution in [0.5, 0.6) is 5.75 Å². The summed E-state index contributed by atoms with van der Waals surface area (Å²) in [7, 11) is -2.22. The predicted molar refractivity (Wildman–Crippen MR) is 84.5 cm³/mol. The molecule has 0 amide bonds. The fourth-order valence-electron chi connectivity index (χ4n) is 2.01. The molecule has 1 N–H and O–H groups in total. The number of hydrogen-bond donors (Lipinski definition) is 1. The standard InChI is InChI=1S/C16H19NO3S/c1-11-5-8-16(15(9-11)20-4)21(18,19)17-14-7-6-12(2)13(3)10-14/h5-10,17H,1-4H3. The minimum atomic E-state index is -3.68. The highest BCUT2D eigenvalue weighted by molar-refractivity contribution is 7.92. The minimum absolute atomic E-state index is 0.133. The van der Waals surface area contributed by atoms with Crippen molar-refractivity contribution in [2.45, 2.75) is 25.7 Å².